The molecular formula is C53H88N4O12. The van der Waals surface area contributed by atoms with Gasteiger partial charge in [-0.1, -0.05) is 69.2 Å². The lowest BCUT2D eigenvalue weighted by molar-refractivity contribution is -0.295. The van der Waals surface area contributed by atoms with Crippen molar-refractivity contribution in [3.8, 4) is 0 Å². The summed E-state index contributed by atoms with van der Waals surface area (Å²) in [5.74, 6) is -4.71. The molecule has 2 aliphatic rings. The summed E-state index contributed by atoms with van der Waals surface area (Å²) in [7, 11) is 5.29. The number of aliphatic hydroxyl groups excluding tert-OH is 2. The normalized spacial score (nSPS) is 32.6. The summed E-state index contributed by atoms with van der Waals surface area (Å²) in [5.41, 5.74) is -1.42. The fourth-order valence-corrected chi connectivity index (χ4v) is 9.77. The van der Waals surface area contributed by atoms with E-state index in [4.69, 9.17) is 33.3 Å². The van der Waals surface area contributed by atoms with Crippen LogP contribution in [0, 0.1) is 23.7 Å². The summed E-state index contributed by atoms with van der Waals surface area (Å²) in [6.45, 7) is 19.7. The zero-order valence-electron chi connectivity index (χ0n) is 43.6. The molecular weight excluding hydrogens is 885 g/mol. The van der Waals surface area contributed by atoms with Crippen LogP contribution in [-0.4, -0.2) is 166 Å². The molecule has 16 heteroatoms. The average molecular weight is 973 g/mol. The molecule has 392 valence electrons. The second-order valence-corrected chi connectivity index (χ2v) is 20.1. The van der Waals surface area contributed by atoms with Gasteiger partial charge in [0, 0.05) is 70.4 Å². The molecule has 0 spiro atoms. The first-order valence-corrected chi connectivity index (χ1v) is 25.5. The van der Waals surface area contributed by atoms with Crippen LogP contribution in [0.25, 0.3) is 10.8 Å². The van der Waals surface area contributed by atoms with Gasteiger partial charge in [0.05, 0.1) is 29.6 Å². The summed E-state index contributed by atoms with van der Waals surface area (Å²) < 4.78 is 36.6. The number of fused-ring (bicyclic) bond motifs is 1. The van der Waals surface area contributed by atoms with Crippen molar-refractivity contribution >= 4 is 28.2 Å². The number of hydrogen-bond donors (Lipinski definition) is 5. The van der Waals surface area contributed by atoms with Crippen LogP contribution in [0.4, 0.5) is 0 Å². The Hall–Kier alpha value is -3.13. The van der Waals surface area contributed by atoms with Gasteiger partial charge in [-0.15, -0.1) is 0 Å². The van der Waals surface area contributed by atoms with Gasteiger partial charge in [0.2, 0.25) is 0 Å². The molecule has 0 radical (unpaired) electrons. The second kappa shape index (κ2) is 28.8. The average Bonchev–Trinajstić information content (AvgIpc) is 3.33. The number of benzene rings is 2. The molecule has 0 aliphatic carbocycles. The minimum Gasteiger partial charge on any atom is -0.459 e. The monoisotopic (exact) mass is 973 g/mol. The van der Waals surface area contributed by atoms with Gasteiger partial charge in [-0.3, -0.25) is 9.59 Å². The molecule has 2 aromatic rings. The van der Waals surface area contributed by atoms with Crippen molar-refractivity contribution in [3.63, 3.8) is 0 Å². The Morgan fingerprint density at radius 3 is 2.12 bits per heavy atom. The van der Waals surface area contributed by atoms with Crippen molar-refractivity contribution < 1.29 is 58.2 Å². The Morgan fingerprint density at radius 2 is 1.48 bits per heavy atom. The number of esters is 1. The van der Waals surface area contributed by atoms with E-state index in [9.17, 15) is 24.9 Å². The topological polar surface area (TPSA) is 199 Å². The molecule has 16 nitrogen and oxygen atoms in total. The highest BCUT2D eigenvalue weighted by molar-refractivity contribution is 6.00. The van der Waals surface area contributed by atoms with Gasteiger partial charge in [-0.05, 0) is 122 Å². The lowest BCUT2D eigenvalue weighted by Crippen LogP contribution is -2.60. The van der Waals surface area contributed by atoms with Crippen LogP contribution >= 0.6 is 0 Å². The quantitative estimate of drug-likeness (QED) is 0.0374. The Bertz CT molecular complexity index is 1870. The largest absolute Gasteiger partial charge is 0.459 e. The van der Waals surface area contributed by atoms with Crippen molar-refractivity contribution in [2.45, 2.75) is 161 Å². The molecule has 2 aromatic carbocycles. The second-order valence-electron chi connectivity index (χ2n) is 20.1. The van der Waals surface area contributed by atoms with E-state index >= 15 is 0 Å². The van der Waals surface area contributed by atoms with Crippen molar-refractivity contribution in [1.29, 1.82) is 0 Å². The highest BCUT2D eigenvalue weighted by Crippen LogP contribution is 2.38. The third-order valence-electron chi connectivity index (χ3n) is 14.1. The van der Waals surface area contributed by atoms with E-state index in [2.05, 4.69) is 58.3 Å². The SMILES string of the molecule is CC[C@H]1OC(=O)[C@H](C)C(=O)[C@H](C)[C@@H](O[C@@H]2O[C@H](C)C[C@H](N(C)C)[C@H]2O)[C@@](C)(OC)C[C@@H](C)/C(=N\OCCNCCCOCCCCOCCCNCc2ccc3ccccc3c2)[C@H](C)[C@@H](O)[C@]1(C)O. The summed E-state index contributed by atoms with van der Waals surface area (Å²) in [6.07, 6.45) is -1.37. The van der Waals surface area contributed by atoms with Crippen LogP contribution < -0.4 is 10.6 Å². The lowest BCUT2D eigenvalue weighted by Gasteiger charge is -2.47. The lowest BCUT2D eigenvalue weighted by atomic mass is 9.74. The Labute approximate surface area is 412 Å². The zero-order chi connectivity index (χ0) is 50.7. The van der Waals surface area contributed by atoms with Crippen LogP contribution in [-0.2, 0) is 49.4 Å². The number of hydrogen-bond acceptors (Lipinski definition) is 16. The van der Waals surface area contributed by atoms with E-state index in [1.54, 1.807) is 20.8 Å². The van der Waals surface area contributed by atoms with Crippen LogP contribution in [0.15, 0.2) is 47.6 Å². The smallest absolute Gasteiger partial charge is 0.316 e. The number of aliphatic hydroxyl groups is 3. The number of ketones is 1. The molecule has 13 atom stereocenters. The van der Waals surface area contributed by atoms with E-state index in [0.29, 0.717) is 31.9 Å². The van der Waals surface area contributed by atoms with Crippen LogP contribution in [0.1, 0.15) is 106 Å². The van der Waals surface area contributed by atoms with Gasteiger partial charge in [-0.25, -0.2) is 0 Å². The molecule has 2 aliphatic heterocycles. The Morgan fingerprint density at radius 1 is 0.841 bits per heavy atom. The van der Waals surface area contributed by atoms with E-state index < -0.39 is 77.3 Å². The molecule has 2 heterocycles. The van der Waals surface area contributed by atoms with Crippen molar-refractivity contribution in [2.24, 2.45) is 28.8 Å². The van der Waals surface area contributed by atoms with Gasteiger partial charge < -0.3 is 64.1 Å². The number of methoxy groups -OCH3 is 1. The van der Waals surface area contributed by atoms with Gasteiger partial charge in [-0.2, -0.15) is 0 Å². The van der Waals surface area contributed by atoms with E-state index in [1.165, 1.54) is 37.3 Å². The highest BCUT2D eigenvalue weighted by Gasteiger charge is 2.51. The maximum Gasteiger partial charge on any atom is 0.316 e. The summed E-state index contributed by atoms with van der Waals surface area (Å²) in [4.78, 5) is 35.7. The van der Waals surface area contributed by atoms with Gasteiger partial charge >= 0.3 is 5.97 Å². The molecule has 0 unspecified atom stereocenters. The standard InChI is InChI=1S/C53H88N4O12/c1-12-44-53(8,62)48(60)37(4)45(35(2)33-52(7,63-11)49(38(5)46(58)39(6)50(61)68-44)69-51-47(59)43(57(9)10)31-36(3)67-51)56-66-30-25-54-23-17-28-64-26-15-16-27-65-29-18-24-55-34-40-21-22-41-19-13-14-20-42(41)32-40/h13-14,19-22,32,35-39,43-44,47-49,51,54-55,59-60,62H,12,15-18,23-31,33-34H2,1-11H3/b56-45+/t35-,36-,37+,38+,39-,43+,44-,47-,48-,49-,51+,52+,53-/m1/s1. The Kier molecular flexibility index (Phi) is 24.4. The first kappa shape index (κ1) is 58.4. The predicted octanol–water partition coefficient (Wildman–Crippen LogP) is 5.65. The molecule has 5 N–H and O–H groups in total. The molecule has 4 rings (SSSR count). The first-order chi connectivity index (χ1) is 32.9. The fraction of sp³-hybridized carbons (Fsp3) is 0.755. The van der Waals surface area contributed by atoms with Crippen LogP contribution in [0.3, 0.4) is 0 Å². The van der Waals surface area contributed by atoms with E-state index in [0.717, 1.165) is 58.5 Å². The van der Waals surface area contributed by atoms with Crippen molar-refractivity contribution in [1.82, 2.24) is 15.5 Å². The maximum absolute atomic E-state index is 14.2. The number of nitrogens with zero attached hydrogens (tertiary/aromatic N) is 2. The number of oxime groups is 1. The zero-order valence-corrected chi connectivity index (χ0v) is 43.6. The summed E-state index contributed by atoms with van der Waals surface area (Å²) in [5, 5.41) is 49.2. The number of nitrogens with one attached hydrogen (secondary N) is 2. The van der Waals surface area contributed by atoms with Crippen molar-refractivity contribution in [2.75, 3.05) is 73.9 Å². The maximum atomic E-state index is 14.2. The van der Waals surface area contributed by atoms with Crippen molar-refractivity contribution in [3.05, 3.63) is 48.0 Å². The molecule has 0 amide bonds. The first-order valence-electron chi connectivity index (χ1n) is 25.5. The molecule has 0 bridgehead atoms. The predicted molar refractivity (Wildman–Crippen MR) is 268 cm³/mol. The van der Waals surface area contributed by atoms with Crippen LogP contribution in [0.2, 0.25) is 0 Å². The van der Waals surface area contributed by atoms with Gasteiger partial charge in [0.15, 0.2) is 12.1 Å². The number of ether oxygens (including phenoxy) is 6. The Balaban J connectivity index is 1.27. The molecule has 2 fully saturated rings. The minimum atomic E-state index is -1.91. The fourth-order valence-electron chi connectivity index (χ4n) is 9.77. The van der Waals surface area contributed by atoms with Gasteiger partial charge in [0.25, 0.3) is 0 Å². The third kappa shape index (κ3) is 17.0. The number of unbranched alkanes of at least 4 members (excludes halogenated alkanes) is 1. The van der Waals surface area contributed by atoms with E-state index in [-0.39, 0.29) is 31.6 Å². The summed E-state index contributed by atoms with van der Waals surface area (Å²) in [6, 6.07) is 14.7. The molecule has 0 aromatic heterocycles. The number of cyclic esters (lactones) is 1. The molecule has 0 saturated carbocycles. The number of carbonyl (C=O) groups excluding carboxylic acids is 2. The summed E-state index contributed by atoms with van der Waals surface area (Å²) >= 11 is 0. The molecule has 2 saturated heterocycles. The third-order valence-corrected chi connectivity index (χ3v) is 14.1. The highest BCUT2D eigenvalue weighted by atomic mass is 16.7. The number of rotatable bonds is 24. The number of carbonyl (C=O) groups is 2. The van der Waals surface area contributed by atoms with Gasteiger partial charge in [0.1, 0.15) is 30.3 Å². The van der Waals surface area contributed by atoms with E-state index in [1.807, 2.05) is 39.8 Å². The van der Waals surface area contributed by atoms with Crippen LogP contribution in [0.5, 0.6) is 0 Å². The molecule has 69 heavy (non-hydrogen) atoms. The number of Topliss-reactive ketones (excluding diaryl/α,β-unsaturated/α-hetero) is 1. The number of likely N-dealkylation sites (N-methyl/N-ethyl adjacent to an activating group) is 1. The minimum absolute atomic E-state index is 0.173.